The topological polar surface area (TPSA) is 78.8 Å². The van der Waals surface area contributed by atoms with Crippen LogP contribution in [0.5, 0.6) is 0 Å². The number of ketones is 1. The summed E-state index contributed by atoms with van der Waals surface area (Å²) in [4.78, 5) is 23.5. The molecule has 0 bridgehead atoms. The first kappa shape index (κ1) is 24.9. The molecule has 9 heteroatoms. The Bertz CT molecular complexity index is 819. The van der Waals surface area contributed by atoms with Gasteiger partial charge in [0.15, 0.2) is 0 Å². The van der Waals surface area contributed by atoms with E-state index in [1.807, 2.05) is 5.32 Å². The lowest BCUT2D eigenvalue weighted by atomic mass is 9.45. The highest BCUT2D eigenvalue weighted by atomic mass is 32.2. The van der Waals surface area contributed by atoms with Crippen molar-refractivity contribution in [3.05, 3.63) is 0 Å². The zero-order valence-corrected chi connectivity index (χ0v) is 20.2. The van der Waals surface area contributed by atoms with Gasteiger partial charge in [-0.1, -0.05) is 19.0 Å². The summed E-state index contributed by atoms with van der Waals surface area (Å²) in [6, 6.07) is 0. The van der Waals surface area contributed by atoms with Gasteiger partial charge in [-0.3, -0.25) is 9.59 Å². The summed E-state index contributed by atoms with van der Waals surface area (Å²) in [5.74, 6) is 0.760. The van der Waals surface area contributed by atoms with Crippen LogP contribution in [-0.4, -0.2) is 46.3 Å². The summed E-state index contributed by atoms with van der Waals surface area (Å²) < 4.78 is 36.8. The van der Waals surface area contributed by atoms with Crippen molar-refractivity contribution in [1.29, 1.82) is 0 Å². The minimum absolute atomic E-state index is 0.0190. The highest BCUT2D eigenvalue weighted by Gasteiger charge is 2.61. The van der Waals surface area contributed by atoms with Crippen molar-refractivity contribution >= 4 is 29.2 Å². The molecule has 4 fully saturated rings. The maximum absolute atomic E-state index is 12.6. The summed E-state index contributed by atoms with van der Waals surface area (Å²) in [6.07, 6.45) is 3.09. The van der Waals surface area contributed by atoms with Crippen molar-refractivity contribution in [3.8, 4) is 0 Å². The monoisotopic (exact) mass is 488 g/mol. The van der Waals surface area contributed by atoms with E-state index in [2.05, 4.69) is 19.0 Å². The van der Waals surface area contributed by atoms with Crippen LogP contribution in [0.2, 0.25) is 0 Å². The molecule has 1 unspecified atom stereocenters. The molecule has 0 aromatic carbocycles. The number of nitrogens with zero attached hydrogens (tertiary/aromatic N) is 1. The number of Topliss-reactive ketones (excluding diaryl/α,β-unsaturated/α-hetero) is 1. The molecule has 0 aliphatic heterocycles. The number of alkyl halides is 3. The molecule has 4 aliphatic rings. The predicted octanol–water partition coefficient (Wildman–Crippen LogP) is 5.21. The first-order valence-corrected chi connectivity index (χ1v) is 13.3. The Morgan fingerprint density at radius 2 is 1.97 bits per heavy atom. The Labute approximate surface area is 197 Å². The van der Waals surface area contributed by atoms with Gasteiger partial charge in [0, 0.05) is 29.5 Å². The maximum Gasteiger partial charge on any atom is 0.471 e. The number of rotatable bonds is 5. The van der Waals surface area contributed by atoms with Gasteiger partial charge < -0.3 is 10.5 Å². The normalized spacial score (nSPS) is 41.9. The summed E-state index contributed by atoms with van der Waals surface area (Å²) in [6.45, 7) is 4.52. The molecule has 0 aromatic heterocycles. The second kappa shape index (κ2) is 9.08. The van der Waals surface area contributed by atoms with Crippen LogP contribution in [0.1, 0.15) is 71.6 Å². The SMILES string of the molecule is C[C@]12CC[C@H](SCCCNC(=O)C(F)(F)F)CC1/C(=N\O)C[C@@H]1[C@@H]2CC[C@]2(C)C(=O)CC[C@@H]12. The van der Waals surface area contributed by atoms with Gasteiger partial charge >= 0.3 is 12.1 Å². The third kappa shape index (κ3) is 4.43. The molecule has 1 amide bonds. The highest BCUT2D eigenvalue weighted by Crippen LogP contribution is 2.65. The van der Waals surface area contributed by atoms with Crippen LogP contribution in [0.3, 0.4) is 0 Å². The van der Waals surface area contributed by atoms with Crippen LogP contribution >= 0.6 is 11.8 Å². The Morgan fingerprint density at radius 1 is 1.21 bits per heavy atom. The first-order chi connectivity index (χ1) is 15.5. The third-order valence-electron chi connectivity index (χ3n) is 9.49. The van der Waals surface area contributed by atoms with Gasteiger partial charge in [0.25, 0.3) is 0 Å². The van der Waals surface area contributed by atoms with Crippen molar-refractivity contribution in [2.24, 2.45) is 39.7 Å². The van der Waals surface area contributed by atoms with Crippen LogP contribution in [-0.2, 0) is 9.59 Å². The Hall–Kier alpha value is -1.25. The maximum atomic E-state index is 12.6. The summed E-state index contributed by atoms with van der Waals surface area (Å²) in [7, 11) is 0. The molecule has 0 aromatic rings. The molecule has 5 nitrogen and oxygen atoms in total. The zero-order chi connectivity index (χ0) is 24.0. The Kier molecular flexibility index (Phi) is 6.84. The van der Waals surface area contributed by atoms with E-state index < -0.39 is 12.1 Å². The van der Waals surface area contributed by atoms with Gasteiger partial charge in [0.2, 0.25) is 0 Å². The zero-order valence-electron chi connectivity index (χ0n) is 19.4. The lowest BCUT2D eigenvalue weighted by Crippen LogP contribution is -2.56. The van der Waals surface area contributed by atoms with E-state index in [1.165, 1.54) is 0 Å². The predicted molar refractivity (Wildman–Crippen MR) is 121 cm³/mol. The number of hydrogen-bond donors (Lipinski definition) is 2. The quantitative estimate of drug-likeness (QED) is 0.316. The van der Waals surface area contributed by atoms with Gasteiger partial charge in [0.1, 0.15) is 5.78 Å². The van der Waals surface area contributed by atoms with E-state index in [9.17, 15) is 28.0 Å². The van der Waals surface area contributed by atoms with Crippen LogP contribution in [0.15, 0.2) is 5.16 Å². The van der Waals surface area contributed by atoms with Gasteiger partial charge in [-0.15, -0.1) is 0 Å². The van der Waals surface area contributed by atoms with Crippen LogP contribution in [0.4, 0.5) is 13.2 Å². The second-order valence-electron chi connectivity index (χ2n) is 11.0. The number of oxime groups is 1. The second-order valence-corrected chi connectivity index (χ2v) is 12.4. The molecule has 2 N–H and O–H groups in total. The number of amides is 1. The molecule has 0 heterocycles. The van der Waals surface area contributed by atoms with Crippen molar-refractivity contribution < 1.29 is 28.0 Å². The van der Waals surface area contributed by atoms with Crippen molar-refractivity contribution in [2.45, 2.75) is 83.1 Å². The van der Waals surface area contributed by atoms with E-state index in [0.717, 1.165) is 50.7 Å². The fourth-order valence-electron chi connectivity index (χ4n) is 7.69. The molecule has 4 saturated carbocycles. The van der Waals surface area contributed by atoms with Crippen molar-refractivity contribution in [1.82, 2.24) is 5.32 Å². The van der Waals surface area contributed by atoms with Crippen LogP contribution in [0, 0.1) is 34.5 Å². The van der Waals surface area contributed by atoms with Gasteiger partial charge in [-0.25, -0.2) is 0 Å². The van der Waals surface area contributed by atoms with Gasteiger partial charge in [0.05, 0.1) is 5.71 Å². The molecule has 186 valence electrons. The minimum atomic E-state index is -4.83. The fourth-order valence-corrected chi connectivity index (χ4v) is 8.95. The molecule has 0 radical (unpaired) electrons. The van der Waals surface area contributed by atoms with E-state index in [4.69, 9.17) is 0 Å². The summed E-state index contributed by atoms with van der Waals surface area (Å²) >= 11 is 1.75. The van der Waals surface area contributed by atoms with E-state index >= 15 is 0 Å². The van der Waals surface area contributed by atoms with Crippen LogP contribution < -0.4 is 5.32 Å². The first-order valence-electron chi connectivity index (χ1n) is 12.2. The average molecular weight is 489 g/mol. The third-order valence-corrected chi connectivity index (χ3v) is 10.9. The summed E-state index contributed by atoms with van der Waals surface area (Å²) in [5, 5.41) is 16.0. The number of fused-ring (bicyclic) bond motifs is 5. The van der Waals surface area contributed by atoms with Crippen LogP contribution in [0.25, 0.3) is 0 Å². The molecule has 4 aliphatic carbocycles. The van der Waals surface area contributed by atoms with Crippen molar-refractivity contribution in [2.75, 3.05) is 12.3 Å². The molecule has 0 saturated heterocycles. The average Bonchev–Trinajstić information content (AvgIpc) is 3.07. The molecule has 33 heavy (non-hydrogen) atoms. The number of halogens is 3. The number of carbonyl (C=O) groups is 2. The largest absolute Gasteiger partial charge is 0.471 e. The van der Waals surface area contributed by atoms with E-state index in [-0.39, 0.29) is 23.3 Å². The molecular formula is C24H35F3N2O3S. The van der Waals surface area contributed by atoms with E-state index in [1.54, 1.807) is 11.8 Å². The minimum Gasteiger partial charge on any atom is -0.411 e. The number of thioether (sulfide) groups is 1. The standard InChI is InChI=1S/C24H35F3N2O3S/c1-22-8-6-14(33-11-3-10-28-21(31)24(25,26)27)12-18(22)19(29-32)13-15-16-4-5-20(30)23(16,2)9-7-17(15)22/h14-18,32H,3-13H2,1-2H3,(H,28,31)/b29-19-/t14-,15-,16-,17-,18?,22+,23-/m0/s1. The number of nitrogens with one attached hydrogen (secondary N) is 1. The van der Waals surface area contributed by atoms with Gasteiger partial charge in [-0.2, -0.15) is 24.9 Å². The lowest BCUT2D eigenvalue weighted by Gasteiger charge is -2.60. The number of hydrogen-bond acceptors (Lipinski definition) is 5. The molecule has 0 spiro atoms. The van der Waals surface area contributed by atoms with E-state index in [0.29, 0.717) is 47.4 Å². The van der Waals surface area contributed by atoms with Crippen molar-refractivity contribution in [3.63, 3.8) is 0 Å². The molecule has 7 atom stereocenters. The van der Waals surface area contributed by atoms with Gasteiger partial charge in [-0.05, 0) is 80.3 Å². The highest BCUT2D eigenvalue weighted by molar-refractivity contribution is 7.99. The Morgan fingerprint density at radius 3 is 2.67 bits per heavy atom. The smallest absolute Gasteiger partial charge is 0.411 e. The fraction of sp³-hybridized carbons (Fsp3) is 0.875. The lowest BCUT2D eigenvalue weighted by molar-refractivity contribution is -0.173. The number of carbonyl (C=O) groups excluding carboxylic acids is 2. The Balaban J connectivity index is 1.36. The molecular weight excluding hydrogens is 453 g/mol. The summed E-state index contributed by atoms with van der Waals surface area (Å²) in [5.41, 5.74) is 0.736. The molecule has 4 rings (SSSR count).